The fourth-order valence-electron chi connectivity index (χ4n) is 2.94. The van der Waals surface area contributed by atoms with Crippen molar-refractivity contribution in [1.82, 2.24) is 15.0 Å². The number of hydrogen-bond donors (Lipinski definition) is 2. The van der Waals surface area contributed by atoms with Crippen molar-refractivity contribution in [2.45, 2.75) is 31.4 Å². The summed E-state index contributed by atoms with van der Waals surface area (Å²) in [7, 11) is 0. The largest absolute Gasteiger partial charge is 0.391 e. The zero-order chi connectivity index (χ0) is 11.1. The Labute approximate surface area is 93.5 Å². The molecule has 0 bridgehead atoms. The van der Waals surface area contributed by atoms with Gasteiger partial charge in [0.15, 0.2) is 0 Å². The number of nitrogens with two attached hydrogens (primary N) is 1. The normalized spacial score (nSPS) is 33.1. The second-order valence-electron chi connectivity index (χ2n) is 4.52. The summed E-state index contributed by atoms with van der Waals surface area (Å²) in [6, 6.07) is 0.168. The van der Waals surface area contributed by atoms with Crippen LogP contribution in [0.15, 0.2) is 6.33 Å². The lowest BCUT2D eigenvalue weighted by atomic mass is 10.0. The van der Waals surface area contributed by atoms with Crippen LogP contribution in [0.5, 0.6) is 0 Å². The van der Waals surface area contributed by atoms with Gasteiger partial charge in [0.2, 0.25) is 11.9 Å². The first-order valence-electron chi connectivity index (χ1n) is 5.65. The molecule has 0 spiro atoms. The highest BCUT2D eigenvalue weighted by atomic mass is 16.3. The maximum atomic E-state index is 9.96. The minimum Gasteiger partial charge on any atom is -0.391 e. The van der Waals surface area contributed by atoms with Crippen LogP contribution in [0.2, 0.25) is 0 Å². The summed E-state index contributed by atoms with van der Waals surface area (Å²) in [6.45, 7) is 0.899. The van der Waals surface area contributed by atoms with E-state index in [1.807, 2.05) is 0 Å². The van der Waals surface area contributed by atoms with Crippen LogP contribution in [0.25, 0.3) is 0 Å². The predicted molar refractivity (Wildman–Crippen MR) is 58.7 cm³/mol. The molecule has 2 fully saturated rings. The fourth-order valence-corrected chi connectivity index (χ4v) is 2.94. The molecule has 6 heteroatoms. The van der Waals surface area contributed by atoms with Gasteiger partial charge >= 0.3 is 0 Å². The van der Waals surface area contributed by atoms with Crippen molar-refractivity contribution >= 4 is 11.9 Å². The van der Waals surface area contributed by atoms with E-state index in [-0.39, 0.29) is 18.1 Å². The van der Waals surface area contributed by atoms with Gasteiger partial charge in [-0.2, -0.15) is 4.98 Å². The Balaban J connectivity index is 1.90. The molecule has 1 aromatic rings. The molecule has 3 atom stereocenters. The lowest BCUT2D eigenvalue weighted by Crippen LogP contribution is -2.39. The Morgan fingerprint density at radius 2 is 2.19 bits per heavy atom. The van der Waals surface area contributed by atoms with Crippen LogP contribution < -0.4 is 10.6 Å². The monoisotopic (exact) mass is 221 g/mol. The van der Waals surface area contributed by atoms with Crippen LogP contribution in [-0.4, -0.2) is 38.7 Å². The van der Waals surface area contributed by atoms with Gasteiger partial charge in [-0.15, -0.1) is 0 Å². The average Bonchev–Trinajstić information content (AvgIpc) is 2.82. The van der Waals surface area contributed by atoms with Gasteiger partial charge in [0.05, 0.1) is 12.1 Å². The maximum Gasteiger partial charge on any atom is 0.230 e. The Morgan fingerprint density at radius 3 is 3.00 bits per heavy atom. The van der Waals surface area contributed by atoms with Gasteiger partial charge in [-0.3, -0.25) is 0 Å². The molecule has 86 valence electrons. The van der Waals surface area contributed by atoms with Crippen molar-refractivity contribution in [3.8, 4) is 0 Å². The third-order valence-electron chi connectivity index (χ3n) is 3.65. The summed E-state index contributed by atoms with van der Waals surface area (Å²) in [4.78, 5) is 14.1. The molecule has 0 aromatic carbocycles. The van der Waals surface area contributed by atoms with Gasteiger partial charge in [-0.25, -0.2) is 9.97 Å². The number of aliphatic hydroxyl groups excluding tert-OH is 1. The summed E-state index contributed by atoms with van der Waals surface area (Å²) < 4.78 is 0. The van der Waals surface area contributed by atoms with Crippen molar-refractivity contribution in [1.29, 1.82) is 0 Å². The van der Waals surface area contributed by atoms with Crippen molar-refractivity contribution in [3.05, 3.63) is 6.33 Å². The van der Waals surface area contributed by atoms with E-state index in [0.717, 1.165) is 25.8 Å². The molecule has 3 rings (SSSR count). The second-order valence-corrected chi connectivity index (χ2v) is 4.52. The highest BCUT2D eigenvalue weighted by molar-refractivity contribution is 5.38. The number of anilines is 2. The molecule has 2 aliphatic rings. The Kier molecular flexibility index (Phi) is 2.17. The SMILES string of the molecule is Nc1ncnc(N2CC[C@@H]3CC[C@H](O)[C@@H]32)n1. The molecule has 1 saturated carbocycles. The first kappa shape index (κ1) is 9.77. The summed E-state index contributed by atoms with van der Waals surface area (Å²) in [5.74, 6) is 1.41. The van der Waals surface area contributed by atoms with E-state index in [2.05, 4.69) is 19.9 Å². The summed E-state index contributed by atoms with van der Waals surface area (Å²) in [6.07, 6.45) is 4.25. The number of nitrogens with zero attached hydrogens (tertiary/aromatic N) is 4. The van der Waals surface area contributed by atoms with Crippen LogP contribution in [0.4, 0.5) is 11.9 Å². The summed E-state index contributed by atoms with van der Waals surface area (Å²) in [5.41, 5.74) is 5.55. The zero-order valence-electron chi connectivity index (χ0n) is 8.95. The number of hydrogen-bond acceptors (Lipinski definition) is 6. The summed E-state index contributed by atoms with van der Waals surface area (Å²) in [5, 5.41) is 9.96. The third kappa shape index (κ3) is 1.41. The van der Waals surface area contributed by atoms with Crippen molar-refractivity contribution in [2.75, 3.05) is 17.2 Å². The van der Waals surface area contributed by atoms with E-state index in [0.29, 0.717) is 11.9 Å². The smallest absolute Gasteiger partial charge is 0.230 e. The topological polar surface area (TPSA) is 88.2 Å². The molecule has 0 amide bonds. The van der Waals surface area contributed by atoms with Crippen molar-refractivity contribution in [2.24, 2.45) is 5.92 Å². The number of aromatic nitrogens is 3. The van der Waals surface area contributed by atoms with E-state index in [1.165, 1.54) is 6.33 Å². The third-order valence-corrected chi connectivity index (χ3v) is 3.65. The highest BCUT2D eigenvalue weighted by Crippen LogP contribution is 2.39. The van der Waals surface area contributed by atoms with Crippen molar-refractivity contribution in [3.63, 3.8) is 0 Å². The van der Waals surface area contributed by atoms with Gasteiger partial charge in [0.25, 0.3) is 0 Å². The molecule has 6 nitrogen and oxygen atoms in total. The minimum atomic E-state index is -0.259. The molecule has 2 heterocycles. The van der Waals surface area contributed by atoms with E-state index < -0.39 is 0 Å². The van der Waals surface area contributed by atoms with E-state index >= 15 is 0 Å². The standard InChI is InChI=1S/C10H15N5O/c11-9-12-5-13-10(14-9)15-4-3-6-1-2-7(16)8(6)15/h5-8,16H,1-4H2,(H2,11,12,13,14)/t6-,7-,8+/m0/s1. The van der Waals surface area contributed by atoms with Crippen LogP contribution >= 0.6 is 0 Å². The Morgan fingerprint density at radius 1 is 1.31 bits per heavy atom. The predicted octanol–water partition coefficient (Wildman–Crippen LogP) is -0.197. The lowest BCUT2D eigenvalue weighted by Gasteiger charge is -2.26. The summed E-state index contributed by atoms with van der Waals surface area (Å²) >= 11 is 0. The second kappa shape index (κ2) is 3.55. The van der Waals surface area contributed by atoms with Crippen LogP contribution in [0.3, 0.4) is 0 Å². The van der Waals surface area contributed by atoms with Crippen LogP contribution in [0, 0.1) is 5.92 Å². The minimum absolute atomic E-state index is 0.168. The number of fused-ring (bicyclic) bond motifs is 1. The molecule has 16 heavy (non-hydrogen) atoms. The van der Waals surface area contributed by atoms with Gasteiger partial charge in [-0.05, 0) is 25.2 Å². The first-order valence-corrected chi connectivity index (χ1v) is 5.65. The highest BCUT2D eigenvalue weighted by Gasteiger charge is 2.44. The number of nitrogen functional groups attached to an aromatic ring is 1. The fraction of sp³-hybridized carbons (Fsp3) is 0.700. The van der Waals surface area contributed by atoms with Crippen LogP contribution in [0.1, 0.15) is 19.3 Å². The van der Waals surface area contributed by atoms with Gasteiger partial charge < -0.3 is 15.7 Å². The van der Waals surface area contributed by atoms with Gasteiger partial charge in [0, 0.05) is 6.54 Å². The van der Waals surface area contributed by atoms with E-state index in [9.17, 15) is 5.11 Å². The van der Waals surface area contributed by atoms with Crippen molar-refractivity contribution < 1.29 is 5.11 Å². The number of aliphatic hydroxyl groups is 1. The van der Waals surface area contributed by atoms with Gasteiger partial charge in [-0.1, -0.05) is 0 Å². The van der Waals surface area contributed by atoms with Gasteiger partial charge in [0.1, 0.15) is 6.33 Å². The average molecular weight is 221 g/mol. The molecule has 1 aliphatic heterocycles. The molecular formula is C10H15N5O. The molecule has 0 radical (unpaired) electrons. The molecule has 1 aromatic heterocycles. The molecule has 1 saturated heterocycles. The molecular weight excluding hydrogens is 206 g/mol. The van der Waals surface area contributed by atoms with E-state index in [4.69, 9.17) is 5.73 Å². The van der Waals surface area contributed by atoms with Crippen LogP contribution in [-0.2, 0) is 0 Å². The molecule has 0 unspecified atom stereocenters. The molecule has 1 aliphatic carbocycles. The maximum absolute atomic E-state index is 9.96. The lowest BCUT2D eigenvalue weighted by molar-refractivity contribution is 0.160. The molecule has 3 N–H and O–H groups in total. The Hall–Kier alpha value is -1.43. The van der Waals surface area contributed by atoms with E-state index in [1.54, 1.807) is 0 Å². The zero-order valence-corrected chi connectivity index (χ0v) is 8.95. The Bertz CT molecular complexity index is 399. The number of rotatable bonds is 1. The quantitative estimate of drug-likeness (QED) is 0.683. The first-order chi connectivity index (χ1) is 7.75.